The smallest absolute Gasteiger partial charge is 0.257 e. The number of halogens is 2. The normalized spacial score (nSPS) is 14.8. The highest BCUT2D eigenvalue weighted by Gasteiger charge is 2.26. The molecule has 24 heavy (non-hydrogen) atoms. The van der Waals surface area contributed by atoms with Gasteiger partial charge in [-0.3, -0.25) is 9.48 Å². The number of likely N-dealkylation sites (tertiary alicyclic amines) is 1. The van der Waals surface area contributed by atoms with Crippen molar-refractivity contribution < 1.29 is 9.21 Å². The summed E-state index contributed by atoms with van der Waals surface area (Å²) in [7, 11) is 0. The third-order valence-electron chi connectivity index (χ3n) is 4.33. The molecule has 8 heteroatoms. The Hall–Kier alpha value is -1.50. The van der Waals surface area contributed by atoms with Crippen LogP contribution >= 0.6 is 24.8 Å². The van der Waals surface area contributed by atoms with Gasteiger partial charge < -0.3 is 15.1 Å². The van der Waals surface area contributed by atoms with Gasteiger partial charge in [-0.25, -0.2) is 0 Å². The van der Waals surface area contributed by atoms with E-state index in [4.69, 9.17) is 10.2 Å². The van der Waals surface area contributed by atoms with Crippen molar-refractivity contribution in [1.82, 2.24) is 14.7 Å². The molecule has 0 aliphatic carbocycles. The number of furan rings is 1. The molecule has 3 heterocycles. The van der Waals surface area contributed by atoms with Crippen LogP contribution in [0.15, 0.2) is 29.1 Å². The van der Waals surface area contributed by atoms with Crippen LogP contribution in [0, 0.1) is 0 Å². The maximum absolute atomic E-state index is 12.4. The minimum atomic E-state index is 0. The summed E-state index contributed by atoms with van der Waals surface area (Å²) in [5, 5.41) is 4.34. The zero-order valence-corrected chi connectivity index (χ0v) is 15.3. The topological polar surface area (TPSA) is 77.3 Å². The molecule has 0 aromatic carbocycles. The van der Waals surface area contributed by atoms with Crippen LogP contribution in [0.5, 0.6) is 0 Å². The number of carbonyl (C=O) groups is 1. The Balaban J connectivity index is 0.00000144. The molecule has 3 rings (SSSR count). The van der Waals surface area contributed by atoms with Gasteiger partial charge in [0.05, 0.1) is 18.3 Å². The van der Waals surface area contributed by atoms with E-state index in [-0.39, 0.29) is 30.7 Å². The largest absolute Gasteiger partial charge is 0.467 e. The van der Waals surface area contributed by atoms with Gasteiger partial charge >= 0.3 is 0 Å². The van der Waals surface area contributed by atoms with Gasteiger partial charge in [-0.1, -0.05) is 0 Å². The standard InChI is InChI=1S/C16H22N4O2.2ClH/c1-2-20-10-14(9-18-20)12-3-5-19(6-4-12)16(21)13-7-15(8-17)22-11-13;;/h7,9-12H,2-6,8,17H2,1H3;2*1H. The Kier molecular flexibility index (Phi) is 7.79. The van der Waals surface area contributed by atoms with E-state index in [1.54, 1.807) is 6.07 Å². The first-order chi connectivity index (χ1) is 10.7. The molecule has 0 unspecified atom stereocenters. The summed E-state index contributed by atoms with van der Waals surface area (Å²) in [4.78, 5) is 14.3. The molecule has 1 saturated heterocycles. The van der Waals surface area contributed by atoms with Crippen molar-refractivity contribution in [2.75, 3.05) is 13.1 Å². The molecule has 0 saturated carbocycles. The Labute approximate surface area is 154 Å². The monoisotopic (exact) mass is 374 g/mol. The van der Waals surface area contributed by atoms with Gasteiger partial charge in [0.1, 0.15) is 12.0 Å². The zero-order chi connectivity index (χ0) is 15.5. The first-order valence-electron chi connectivity index (χ1n) is 7.80. The highest BCUT2D eigenvalue weighted by molar-refractivity contribution is 5.94. The zero-order valence-electron chi connectivity index (χ0n) is 13.7. The summed E-state index contributed by atoms with van der Waals surface area (Å²) < 4.78 is 7.20. The Bertz CT molecular complexity index is 648. The SMILES string of the molecule is CCn1cc(C2CCN(C(=O)c3coc(CN)c3)CC2)cn1.Cl.Cl. The summed E-state index contributed by atoms with van der Waals surface area (Å²) in [5.74, 6) is 1.17. The number of nitrogens with zero attached hydrogens (tertiary/aromatic N) is 3. The van der Waals surface area contributed by atoms with Gasteiger partial charge in [-0.15, -0.1) is 24.8 Å². The van der Waals surface area contributed by atoms with Gasteiger partial charge in [-0.2, -0.15) is 5.10 Å². The molecule has 0 atom stereocenters. The van der Waals surface area contributed by atoms with E-state index >= 15 is 0 Å². The van der Waals surface area contributed by atoms with Crippen LogP contribution in [-0.2, 0) is 13.1 Å². The van der Waals surface area contributed by atoms with Crippen LogP contribution in [0.4, 0.5) is 0 Å². The van der Waals surface area contributed by atoms with E-state index in [0.717, 1.165) is 32.5 Å². The van der Waals surface area contributed by atoms with Crippen LogP contribution in [0.2, 0.25) is 0 Å². The van der Waals surface area contributed by atoms with Crippen LogP contribution in [0.25, 0.3) is 0 Å². The molecule has 0 radical (unpaired) electrons. The van der Waals surface area contributed by atoms with E-state index in [1.165, 1.54) is 11.8 Å². The van der Waals surface area contributed by atoms with Crippen LogP contribution < -0.4 is 5.73 Å². The molecular weight excluding hydrogens is 351 g/mol. The molecule has 134 valence electrons. The second kappa shape index (κ2) is 9.11. The molecule has 0 spiro atoms. The predicted octanol–water partition coefficient (Wildman–Crippen LogP) is 2.82. The van der Waals surface area contributed by atoms with Crippen molar-refractivity contribution in [2.45, 2.75) is 38.8 Å². The molecule has 2 aromatic rings. The molecule has 2 aromatic heterocycles. The molecule has 1 amide bonds. The van der Waals surface area contributed by atoms with Crippen LogP contribution in [0.1, 0.15) is 47.4 Å². The van der Waals surface area contributed by atoms with Gasteiger partial charge in [0.25, 0.3) is 5.91 Å². The summed E-state index contributed by atoms with van der Waals surface area (Å²) in [6.07, 6.45) is 7.52. The number of carbonyl (C=O) groups excluding carboxylic acids is 1. The third kappa shape index (κ3) is 4.32. The van der Waals surface area contributed by atoms with Gasteiger partial charge in [-0.05, 0) is 37.3 Å². The fourth-order valence-electron chi connectivity index (χ4n) is 2.96. The highest BCUT2D eigenvalue weighted by atomic mass is 35.5. The highest BCUT2D eigenvalue weighted by Crippen LogP contribution is 2.28. The number of hydrogen-bond acceptors (Lipinski definition) is 4. The first kappa shape index (κ1) is 20.5. The van der Waals surface area contributed by atoms with E-state index in [1.807, 2.05) is 15.8 Å². The molecule has 2 N–H and O–H groups in total. The Morgan fingerprint density at radius 2 is 2.08 bits per heavy atom. The number of aryl methyl sites for hydroxylation is 1. The molecule has 1 aliphatic rings. The number of piperidine rings is 1. The number of amides is 1. The Morgan fingerprint density at radius 1 is 1.38 bits per heavy atom. The lowest BCUT2D eigenvalue weighted by atomic mass is 9.91. The van der Waals surface area contributed by atoms with Crippen molar-refractivity contribution >= 4 is 30.7 Å². The van der Waals surface area contributed by atoms with Crippen LogP contribution in [0.3, 0.4) is 0 Å². The van der Waals surface area contributed by atoms with E-state index in [2.05, 4.69) is 18.2 Å². The van der Waals surface area contributed by atoms with Crippen molar-refractivity contribution in [2.24, 2.45) is 5.73 Å². The quantitative estimate of drug-likeness (QED) is 0.892. The summed E-state index contributed by atoms with van der Waals surface area (Å²) in [5.41, 5.74) is 7.39. The van der Waals surface area contributed by atoms with E-state index < -0.39 is 0 Å². The third-order valence-corrected chi connectivity index (χ3v) is 4.33. The number of hydrogen-bond donors (Lipinski definition) is 1. The maximum atomic E-state index is 12.4. The number of aromatic nitrogens is 2. The van der Waals surface area contributed by atoms with Crippen LogP contribution in [-0.4, -0.2) is 33.7 Å². The van der Waals surface area contributed by atoms with E-state index in [9.17, 15) is 4.79 Å². The number of rotatable bonds is 4. The average Bonchev–Trinajstić information content (AvgIpc) is 3.23. The minimum Gasteiger partial charge on any atom is -0.467 e. The summed E-state index contributed by atoms with van der Waals surface area (Å²) in [6.45, 7) is 4.82. The molecule has 1 aliphatic heterocycles. The summed E-state index contributed by atoms with van der Waals surface area (Å²) >= 11 is 0. The van der Waals surface area contributed by atoms with Gasteiger partial charge in [0, 0.05) is 25.8 Å². The fourth-order valence-corrected chi connectivity index (χ4v) is 2.96. The van der Waals surface area contributed by atoms with Gasteiger partial charge in [0.15, 0.2) is 0 Å². The van der Waals surface area contributed by atoms with Gasteiger partial charge in [0.2, 0.25) is 0 Å². The molecular formula is C16H24Cl2N4O2. The fraction of sp³-hybridized carbons (Fsp3) is 0.500. The lowest BCUT2D eigenvalue weighted by Crippen LogP contribution is -2.37. The summed E-state index contributed by atoms with van der Waals surface area (Å²) in [6, 6.07) is 1.74. The lowest BCUT2D eigenvalue weighted by molar-refractivity contribution is 0.0712. The maximum Gasteiger partial charge on any atom is 0.257 e. The molecule has 6 nitrogen and oxygen atoms in total. The van der Waals surface area contributed by atoms with Crippen molar-refractivity contribution in [3.8, 4) is 0 Å². The average molecular weight is 375 g/mol. The second-order valence-electron chi connectivity index (χ2n) is 5.70. The lowest BCUT2D eigenvalue weighted by Gasteiger charge is -2.31. The first-order valence-corrected chi connectivity index (χ1v) is 7.80. The number of nitrogens with two attached hydrogens (primary N) is 1. The van der Waals surface area contributed by atoms with Crippen molar-refractivity contribution in [3.05, 3.63) is 41.6 Å². The Morgan fingerprint density at radius 3 is 2.62 bits per heavy atom. The minimum absolute atomic E-state index is 0. The van der Waals surface area contributed by atoms with Crippen molar-refractivity contribution in [1.29, 1.82) is 0 Å². The predicted molar refractivity (Wildman–Crippen MR) is 96.9 cm³/mol. The molecule has 1 fully saturated rings. The van der Waals surface area contributed by atoms with E-state index in [0.29, 0.717) is 23.8 Å². The van der Waals surface area contributed by atoms with Crippen molar-refractivity contribution in [3.63, 3.8) is 0 Å². The second-order valence-corrected chi connectivity index (χ2v) is 5.70. The molecule has 0 bridgehead atoms.